The summed E-state index contributed by atoms with van der Waals surface area (Å²) in [5.41, 5.74) is 2.42. The predicted molar refractivity (Wildman–Crippen MR) is 74.4 cm³/mol. The lowest BCUT2D eigenvalue weighted by molar-refractivity contribution is 0.304. The van der Waals surface area contributed by atoms with E-state index in [4.69, 9.17) is 5.11 Å². The molecule has 4 heteroatoms. The molecule has 1 aromatic rings. The Labute approximate surface area is 111 Å². The molecule has 0 saturated heterocycles. The molecule has 2 rings (SSSR count). The third-order valence-electron chi connectivity index (χ3n) is 3.07. The molecule has 2 N–H and O–H groups in total. The van der Waals surface area contributed by atoms with E-state index in [2.05, 4.69) is 39.4 Å². The highest BCUT2D eigenvalue weighted by Gasteiger charge is 2.20. The van der Waals surface area contributed by atoms with E-state index in [1.54, 1.807) is 0 Å². The summed E-state index contributed by atoms with van der Waals surface area (Å²) in [5.74, 6) is 0. The van der Waals surface area contributed by atoms with Crippen molar-refractivity contribution in [2.45, 2.75) is 25.4 Å². The Kier molecular flexibility index (Phi) is 4.42. The van der Waals surface area contributed by atoms with Gasteiger partial charge in [-0.2, -0.15) is 0 Å². The van der Waals surface area contributed by atoms with E-state index in [0.29, 0.717) is 6.54 Å². The van der Waals surface area contributed by atoms with Gasteiger partial charge < -0.3 is 15.3 Å². The van der Waals surface area contributed by atoms with Crippen LogP contribution in [0.3, 0.4) is 0 Å². The lowest BCUT2D eigenvalue weighted by Gasteiger charge is -2.19. The minimum atomic E-state index is 0.180. The zero-order valence-electron chi connectivity index (χ0n) is 10.1. The second-order valence-corrected chi connectivity index (χ2v) is 5.43. The Hall–Kier alpha value is -0.580. The lowest BCUT2D eigenvalue weighted by Crippen LogP contribution is -2.21. The van der Waals surface area contributed by atoms with Gasteiger partial charge >= 0.3 is 0 Å². The van der Waals surface area contributed by atoms with Crippen LogP contribution in [0.1, 0.15) is 18.4 Å². The zero-order chi connectivity index (χ0) is 12.3. The Bertz CT molecular complexity index is 380. The summed E-state index contributed by atoms with van der Waals surface area (Å²) < 4.78 is 1.13. The molecule has 0 amide bonds. The van der Waals surface area contributed by atoms with Crippen LogP contribution >= 0.6 is 15.9 Å². The molecule has 0 unspecified atom stereocenters. The molecule has 1 saturated carbocycles. The standard InChI is InChI=1S/C13H19BrN2O/c1-16(6-7-17)12-5-2-10(13(14)8-12)9-15-11-3-4-11/h2,5,8,11,15,17H,3-4,6-7,9H2,1H3. The summed E-state index contributed by atoms with van der Waals surface area (Å²) in [5, 5.41) is 12.4. The SMILES string of the molecule is CN(CCO)c1ccc(CNC2CC2)c(Br)c1. The number of aliphatic hydroxyl groups excluding tert-OH is 1. The van der Waals surface area contributed by atoms with E-state index in [-0.39, 0.29) is 6.61 Å². The van der Waals surface area contributed by atoms with Gasteiger partial charge in [-0.15, -0.1) is 0 Å². The first-order chi connectivity index (χ1) is 8.20. The average molecular weight is 299 g/mol. The molecule has 0 atom stereocenters. The fourth-order valence-corrected chi connectivity index (χ4v) is 2.24. The molecule has 1 aromatic carbocycles. The Balaban J connectivity index is 1.99. The number of anilines is 1. The molecule has 3 nitrogen and oxygen atoms in total. The number of halogens is 1. The van der Waals surface area contributed by atoms with Crippen molar-refractivity contribution >= 4 is 21.6 Å². The zero-order valence-corrected chi connectivity index (χ0v) is 11.7. The molecule has 0 aliphatic heterocycles. The van der Waals surface area contributed by atoms with Gasteiger partial charge in [-0.05, 0) is 30.5 Å². The summed E-state index contributed by atoms with van der Waals surface area (Å²) in [4.78, 5) is 2.04. The monoisotopic (exact) mass is 298 g/mol. The topological polar surface area (TPSA) is 35.5 Å². The van der Waals surface area contributed by atoms with Crippen LogP contribution in [0.5, 0.6) is 0 Å². The van der Waals surface area contributed by atoms with E-state index in [9.17, 15) is 0 Å². The second-order valence-electron chi connectivity index (χ2n) is 4.58. The second kappa shape index (κ2) is 5.85. The summed E-state index contributed by atoms with van der Waals surface area (Å²) in [6, 6.07) is 7.09. The number of likely N-dealkylation sites (N-methyl/N-ethyl adjacent to an activating group) is 1. The van der Waals surface area contributed by atoms with Crippen LogP contribution in [0.2, 0.25) is 0 Å². The van der Waals surface area contributed by atoms with Gasteiger partial charge in [-0.3, -0.25) is 0 Å². The van der Waals surface area contributed by atoms with Crippen molar-refractivity contribution in [2.75, 3.05) is 25.1 Å². The van der Waals surface area contributed by atoms with E-state index in [1.165, 1.54) is 18.4 Å². The molecule has 1 aliphatic carbocycles. The van der Waals surface area contributed by atoms with Gasteiger partial charge in [-0.25, -0.2) is 0 Å². The number of hydrogen-bond acceptors (Lipinski definition) is 3. The first-order valence-corrected chi connectivity index (χ1v) is 6.84. The van der Waals surface area contributed by atoms with Crippen LogP contribution in [-0.2, 0) is 6.54 Å². The lowest BCUT2D eigenvalue weighted by atomic mass is 10.2. The highest BCUT2D eigenvalue weighted by atomic mass is 79.9. The first kappa shape index (κ1) is 12.9. The normalized spacial score (nSPS) is 15.0. The average Bonchev–Trinajstić information content (AvgIpc) is 3.11. The Morgan fingerprint density at radius 2 is 2.24 bits per heavy atom. The summed E-state index contributed by atoms with van der Waals surface area (Å²) in [6.07, 6.45) is 2.63. The molecule has 0 spiro atoms. The van der Waals surface area contributed by atoms with Crippen molar-refractivity contribution in [2.24, 2.45) is 0 Å². The van der Waals surface area contributed by atoms with Crippen molar-refractivity contribution in [1.82, 2.24) is 5.32 Å². The minimum absolute atomic E-state index is 0.180. The van der Waals surface area contributed by atoms with E-state index >= 15 is 0 Å². The quantitative estimate of drug-likeness (QED) is 0.845. The third-order valence-corrected chi connectivity index (χ3v) is 3.81. The molecule has 17 heavy (non-hydrogen) atoms. The van der Waals surface area contributed by atoms with Crippen molar-refractivity contribution in [3.63, 3.8) is 0 Å². The number of aliphatic hydroxyl groups is 1. The maximum absolute atomic E-state index is 8.91. The molecule has 0 heterocycles. The molecule has 1 fully saturated rings. The molecular weight excluding hydrogens is 280 g/mol. The maximum Gasteiger partial charge on any atom is 0.0606 e. The van der Waals surface area contributed by atoms with Gasteiger partial charge in [0, 0.05) is 36.3 Å². The summed E-state index contributed by atoms with van der Waals surface area (Å²) in [6.45, 7) is 1.76. The molecular formula is C13H19BrN2O. The molecule has 0 bridgehead atoms. The van der Waals surface area contributed by atoms with E-state index in [1.807, 2.05) is 11.9 Å². The van der Waals surface area contributed by atoms with E-state index < -0.39 is 0 Å². The minimum Gasteiger partial charge on any atom is -0.395 e. The van der Waals surface area contributed by atoms with Gasteiger partial charge in [0.2, 0.25) is 0 Å². The molecule has 1 aliphatic rings. The van der Waals surface area contributed by atoms with Crippen molar-refractivity contribution < 1.29 is 5.11 Å². The van der Waals surface area contributed by atoms with Crippen LogP contribution < -0.4 is 10.2 Å². The fraction of sp³-hybridized carbons (Fsp3) is 0.538. The van der Waals surface area contributed by atoms with Crippen LogP contribution in [0.25, 0.3) is 0 Å². The largest absolute Gasteiger partial charge is 0.395 e. The summed E-state index contributed by atoms with van der Waals surface area (Å²) in [7, 11) is 1.99. The van der Waals surface area contributed by atoms with Crippen LogP contribution in [0, 0.1) is 0 Å². The smallest absolute Gasteiger partial charge is 0.0606 e. The van der Waals surface area contributed by atoms with Gasteiger partial charge in [0.15, 0.2) is 0 Å². The van der Waals surface area contributed by atoms with Crippen molar-refractivity contribution in [1.29, 1.82) is 0 Å². The predicted octanol–water partition coefficient (Wildman–Crippen LogP) is 2.13. The first-order valence-electron chi connectivity index (χ1n) is 6.04. The molecule has 0 aromatic heterocycles. The fourth-order valence-electron chi connectivity index (χ4n) is 1.74. The number of nitrogens with zero attached hydrogens (tertiary/aromatic N) is 1. The third kappa shape index (κ3) is 3.69. The van der Waals surface area contributed by atoms with Crippen molar-refractivity contribution in [3.8, 4) is 0 Å². The number of benzene rings is 1. The van der Waals surface area contributed by atoms with Gasteiger partial charge in [0.1, 0.15) is 0 Å². The van der Waals surface area contributed by atoms with Crippen LogP contribution in [0.15, 0.2) is 22.7 Å². The van der Waals surface area contributed by atoms with Gasteiger partial charge in [-0.1, -0.05) is 22.0 Å². The highest BCUT2D eigenvalue weighted by molar-refractivity contribution is 9.10. The molecule has 0 radical (unpaired) electrons. The van der Waals surface area contributed by atoms with Crippen LogP contribution in [-0.4, -0.2) is 31.3 Å². The number of rotatable bonds is 6. The molecule has 94 valence electrons. The Morgan fingerprint density at radius 1 is 1.47 bits per heavy atom. The Morgan fingerprint density at radius 3 is 2.82 bits per heavy atom. The number of hydrogen-bond donors (Lipinski definition) is 2. The maximum atomic E-state index is 8.91. The summed E-state index contributed by atoms with van der Waals surface area (Å²) >= 11 is 3.61. The van der Waals surface area contributed by atoms with Gasteiger partial charge in [0.25, 0.3) is 0 Å². The van der Waals surface area contributed by atoms with E-state index in [0.717, 1.165) is 22.7 Å². The number of nitrogens with one attached hydrogen (secondary N) is 1. The van der Waals surface area contributed by atoms with Gasteiger partial charge in [0.05, 0.1) is 6.61 Å². The van der Waals surface area contributed by atoms with Crippen LogP contribution in [0.4, 0.5) is 5.69 Å². The van der Waals surface area contributed by atoms with Crippen molar-refractivity contribution in [3.05, 3.63) is 28.2 Å². The highest BCUT2D eigenvalue weighted by Crippen LogP contribution is 2.25.